The Morgan fingerprint density at radius 2 is 1.77 bits per heavy atom. The number of anilines is 1. The SMILES string of the molecule is Cc1nnnn1-c1ccc(C(=O)N2CCN(c3ccccn3)CC2)cc1. The lowest BCUT2D eigenvalue weighted by Gasteiger charge is -2.35. The van der Waals surface area contributed by atoms with Crippen LogP contribution in [0.4, 0.5) is 5.82 Å². The van der Waals surface area contributed by atoms with E-state index in [1.54, 1.807) is 10.9 Å². The fourth-order valence-electron chi connectivity index (χ4n) is 3.08. The summed E-state index contributed by atoms with van der Waals surface area (Å²) in [6, 6.07) is 13.3. The van der Waals surface area contributed by atoms with Crippen molar-refractivity contribution in [3.8, 4) is 5.69 Å². The zero-order valence-electron chi connectivity index (χ0n) is 14.5. The number of hydrogen-bond donors (Lipinski definition) is 0. The second-order valence-corrected chi connectivity index (χ2v) is 6.15. The molecule has 0 atom stereocenters. The van der Waals surface area contributed by atoms with Gasteiger partial charge in [0.1, 0.15) is 5.82 Å². The summed E-state index contributed by atoms with van der Waals surface area (Å²) < 4.78 is 1.64. The molecule has 1 aliphatic rings. The minimum Gasteiger partial charge on any atom is -0.353 e. The lowest BCUT2D eigenvalue weighted by molar-refractivity contribution is 0.0746. The predicted octanol–water partition coefficient (Wildman–Crippen LogP) is 1.33. The Labute approximate surface area is 151 Å². The molecule has 1 amide bonds. The third-order valence-electron chi connectivity index (χ3n) is 4.52. The molecule has 0 spiro atoms. The van der Waals surface area contributed by atoms with Crippen molar-refractivity contribution >= 4 is 11.7 Å². The van der Waals surface area contributed by atoms with Crippen molar-refractivity contribution in [2.24, 2.45) is 0 Å². The van der Waals surface area contributed by atoms with Crippen LogP contribution in [0.2, 0.25) is 0 Å². The molecular weight excluding hydrogens is 330 g/mol. The molecule has 2 aromatic heterocycles. The molecule has 26 heavy (non-hydrogen) atoms. The number of tetrazole rings is 1. The van der Waals surface area contributed by atoms with Crippen molar-refractivity contribution in [1.29, 1.82) is 0 Å². The van der Waals surface area contributed by atoms with Gasteiger partial charge in [0, 0.05) is 37.9 Å². The summed E-state index contributed by atoms with van der Waals surface area (Å²) in [4.78, 5) is 21.2. The van der Waals surface area contributed by atoms with E-state index in [0.717, 1.165) is 24.6 Å². The van der Waals surface area contributed by atoms with Crippen LogP contribution in [-0.4, -0.2) is 62.2 Å². The number of nitrogens with zero attached hydrogens (tertiary/aromatic N) is 7. The average molecular weight is 349 g/mol. The second-order valence-electron chi connectivity index (χ2n) is 6.15. The summed E-state index contributed by atoms with van der Waals surface area (Å²) in [6.07, 6.45) is 1.79. The molecule has 1 aliphatic heterocycles. The van der Waals surface area contributed by atoms with E-state index in [9.17, 15) is 4.79 Å². The Morgan fingerprint density at radius 1 is 1.00 bits per heavy atom. The van der Waals surface area contributed by atoms with Gasteiger partial charge < -0.3 is 9.80 Å². The van der Waals surface area contributed by atoms with Crippen LogP contribution in [-0.2, 0) is 0 Å². The first-order valence-electron chi connectivity index (χ1n) is 8.53. The number of carbonyl (C=O) groups excluding carboxylic acids is 1. The van der Waals surface area contributed by atoms with Gasteiger partial charge in [-0.05, 0) is 53.7 Å². The monoisotopic (exact) mass is 349 g/mol. The van der Waals surface area contributed by atoms with Crippen LogP contribution >= 0.6 is 0 Å². The predicted molar refractivity (Wildman–Crippen MR) is 96.2 cm³/mol. The molecule has 132 valence electrons. The molecule has 0 saturated carbocycles. The highest BCUT2D eigenvalue weighted by Crippen LogP contribution is 2.16. The van der Waals surface area contributed by atoms with Crippen molar-refractivity contribution in [2.45, 2.75) is 6.92 Å². The number of amides is 1. The van der Waals surface area contributed by atoms with Crippen LogP contribution in [0.15, 0.2) is 48.7 Å². The van der Waals surface area contributed by atoms with E-state index in [1.807, 2.05) is 54.3 Å². The van der Waals surface area contributed by atoms with Gasteiger partial charge in [-0.3, -0.25) is 4.79 Å². The van der Waals surface area contributed by atoms with Crippen LogP contribution in [0, 0.1) is 6.92 Å². The highest BCUT2D eigenvalue weighted by Gasteiger charge is 2.22. The maximum Gasteiger partial charge on any atom is 0.253 e. The first-order chi connectivity index (χ1) is 12.7. The molecule has 4 rings (SSSR count). The molecule has 1 aromatic carbocycles. The van der Waals surface area contributed by atoms with Gasteiger partial charge in [-0.2, -0.15) is 4.68 Å². The van der Waals surface area contributed by atoms with Crippen LogP contribution in [0.5, 0.6) is 0 Å². The molecule has 0 bridgehead atoms. The molecule has 1 saturated heterocycles. The first-order valence-corrected chi connectivity index (χ1v) is 8.53. The van der Waals surface area contributed by atoms with E-state index in [0.29, 0.717) is 24.5 Å². The maximum atomic E-state index is 12.8. The van der Waals surface area contributed by atoms with Crippen molar-refractivity contribution < 1.29 is 4.79 Å². The lowest BCUT2D eigenvalue weighted by Crippen LogP contribution is -2.49. The summed E-state index contributed by atoms with van der Waals surface area (Å²) in [5.41, 5.74) is 1.51. The number of carbonyl (C=O) groups is 1. The number of rotatable bonds is 3. The van der Waals surface area contributed by atoms with Crippen molar-refractivity contribution in [3.63, 3.8) is 0 Å². The molecule has 3 aromatic rings. The minimum atomic E-state index is 0.0469. The fraction of sp³-hybridized carbons (Fsp3) is 0.278. The van der Waals surface area contributed by atoms with E-state index in [4.69, 9.17) is 0 Å². The van der Waals surface area contributed by atoms with Gasteiger partial charge in [-0.1, -0.05) is 6.07 Å². The molecule has 3 heterocycles. The van der Waals surface area contributed by atoms with Crippen molar-refractivity contribution in [1.82, 2.24) is 30.1 Å². The van der Waals surface area contributed by atoms with E-state index >= 15 is 0 Å². The summed E-state index contributed by atoms with van der Waals surface area (Å²) in [5.74, 6) is 1.71. The Hall–Kier alpha value is -3.29. The average Bonchev–Trinajstić information content (AvgIpc) is 3.14. The molecule has 8 heteroatoms. The topological polar surface area (TPSA) is 80.0 Å². The number of benzene rings is 1. The molecule has 0 aliphatic carbocycles. The highest BCUT2D eigenvalue weighted by molar-refractivity contribution is 5.94. The van der Waals surface area contributed by atoms with Crippen LogP contribution < -0.4 is 4.90 Å². The lowest BCUT2D eigenvalue weighted by atomic mass is 10.1. The number of aromatic nitrogens is 5. The first kappa shape index (κ1) is 16.2. The van der Waals surface area contributed by atoms with Gasteiger partial charge in [0.15, 0.2) is 5.82 Å². The van der Waals surface area contributed by atoms with E-state index in [-0.39, 0.29) is 5.91 Å². The van der Waals surface area contributed by atoms with E-state index in [1.165, 1.54) is 0 Å². The Kier molecular flexibility index (Phi) is 4.30. The number of pyridine rings is 1. The Balaban J connectivity index is 1.41. The van der Waals surface area contributed by atoms with Crippen LogP contribution in [0.3, 0.4) is 0 Å². The largest absolute Gasteiger partial charge is 0.353 e. The van der Waals surface area contributed by atoms with Crippen molar-refractivity contribution in [2.75, 3.05) is 31.1 Å². The van der Waals surface area contributed by atoms with E-state index < -0.39 is 0 Å². The standard InChI is InChI=1S/C18H19N7O/c1-14-20-21-22-25(14)16-7-5-15(6-8-16)18(26)24-12-10-23(11-13-24)17-4-2-3-9-19-17/h2-9H,10-13H2,1H3. The Bertz CT molecular complexity index is 883. The smallest absolute Gasteiger partial charge is 0.253 e. The quantitative estimate of drug-likeness (QED) is 0.710. The highest BCUT2D eigenvalue weighted by atomic mass is 16.2. The minimum absolute atomic E-state index is 0.0469. The zero-order chi connectivity index (χ0) is 17.9. The van der Waals surface area contributed by atoms with E-state index in [2.05, 4.69) is 25.4 Å². The van der Waals surface area contributed by atoms with Crippen LogP contribution in [0.25, 0.3) is 5.69 Å². The van der Waals surface area contributed by atoms with Gasteiger partial charge >= 0.3 is 0 Å². The molecule has 1 fully saturated rings. The normalized spacial score (nSPS) is 14.5. The summed E-state index contributed by atoms with van der Waals surface area (Å²) in [6.45, 7) is 4.77. The van der Waals surface area contributed by atoms with Gasteiger partial charge in [-0.25, -0.2) is 4.98 Å². The summed E-state index contributed by atoms with van der Waals surface area (Å²) >= 11 is 0. The number of aryl methyl sites for hydroxylation is 1. The summed E-state index contributed by atoms with van der Waals surface area (Å²) in [5, 5.41) is 11.4. The molecular formula is C18H19N7O. The Morgan fingerprint density at radius 3 is 2.38 bits per heavy atom. The number of piperazine rings is 1. The maximum absolute atomic E-state index is 12.8. The van der Waals surface area contributed by atoms with Gasteiger partial charge in [-0.15, -0.1) is 5.10 Å². The summed E-state index contributed by atoms with van der Waals surface area (Å²) in [7, 11) is 0. The molecule has 8 nitrogen and oxygen atoms in total. The molecule has 0 unspecified atom stereocenters. The van der Waals surface area contributed by atoms with Crippen LogP contribution in [0.1, 0.15) is 16.2 Å². The van der Waals surface area contributed by atoms with Gasteiger partial charge in [0.25, 0.3) is 5.91 Å². The van der Waals surface area contributed by atoms with Gasteiger partial charge in [0.05, 0.1) is 5.69 Å². The fourth-order valence-corrected chi connectivity index (χ4v) is 3.08. The molecule has 0 N–H and O–H groups in total. The second kappa shape index (κ2) is 6.91. The van der Waals surface area contributed by atoms with Gasteiger partial charge in [0.2, 0.25) is 0 Å². The third kappa shape index (κ3) is 3.13. The molecule has 0 radical (unpaired) electrons. The zero-order valence-corrected chi connectivity index (χ0v) is 14.5. The van der Waals surface area contributed by atoms with Crippen molar-refractivity contribution in [3.05, 3.63) is 60.0 Å². The third-order valence-corrected chi connectivity index (χ3v) is 4.52. The number of hydrogen-bond acceptors (Lipinski definition) is 6.